The molecular weight excluding hydrogens is 350 g/mol. The monoisotopic (exact) mass is 379 g/mol. The van der Waals surface area contributed by atoms with Crippen molar-refractivity contribution in [3.63, 3.8) is 0 Å². The van der Waals surface area contributed by atoms with Crippen LogP contribution in [0.4, 0.5) is 11.8 Å². The predicted octanol–water partition coefficient (Wildman–Crippen LogP) is 2.89. The van der Waals surface area contributed by atoms with Crippen molar-refractivity contribution in [2.75, 3.05) is 43.9 Å². The highest BCUT2D eigenvalue weighted by atomic mass is 15.4. The van der Waals surface area contributed by atoms with E-state index in [-0.39, 0.29) is 5.54 Å². The Kier molecular flexibility index (Phi) is 4.50. The third-order valence-corrected chi connectivity index (χ3v) is 5.27. The molecule has 28 heavy (non-hydrogen) atoms. The molecule has 0 spiro atoms. The number of hydrogen-bond acceptors (Lipinski definition) is 6. The summed E-state index contributed by atoms with van der Waals surface area (Å²) in [5.74, 6) is 1.35. The highest BCUT2D eigenvalue weighted by molar-refractivity contribution is 5.99. The van der Waals surface area contributed by atoms with Crippen molar-refractivity contribution in [3.8, 4) is 11.3 Å². The molecule has 0 aliphatic carbocycles. The quantitative estimate of drug-likeness (QED) is 0.738. The van der Waals surface area contributed by atoms with Gasteiger partial charge in [0.1, 0.15) is 5.82 Å². The van der Waals surface area contributed by atoms with E-state index in [9.17, 15) is 0 Å². The summed E-state index contributed by atoms with van der Waals surface area (Å²) in [7, 11) is 2.14. The van der Waals surface area contributed by atoms with Gasteiger partial charge in [0.15, 0.2) is 5.65 Å². The minimum atomic E-state index is -0.233. The van der Waals surface area contributed by atoms with E-state index in [1.165, 1.54) is 5.56 Å². The first-order valence-corrected chi connectivity index (χ1v) is 9.81. The van der Waals surface area contributed by atoms with Crippen molar-refractivity contribution in [1.82, 2.24) is 24.6 Å². The molecule has 148 valence electrons. The lowest BCUT2D eigenvalue weighted by atomic mass is 10.1. The number of aryl methyl sites for hydroxylation is 1. The third kappa shape index (κ3) is 3.30. The normalized spacial score (nSPS) is 16.1. The van der Waals surface area contributed by atoms with E-state index in [2.05, 4.69) is 68.8 Å². The second-order valence-corrected chi connectivity index (χ2v) is 8.70. The van der Waals surface area contributed by atoms with Gasteiger partial charge in [0.25, 0.3) is 0 Å². The fourth-order valence-corrected chi connectivity index (χ4v) is 3.66. The second-order valence-electron chi connectivity index (χ2n) is 8.70. The first kappa shape index (κ1) is 18.7. The van der Waals surface area contributed by atoms with Gasteiger partial charge in [-0.15, -0.1) is 5.10 Å². The molecule has 1 aromatic carbocycles. The average Bonchev–Trinajstić information content (AvgIpc) is 2.99. The van der Waals surface area contributed by atoms with Crippen LogP contribution in [0, 0.1) is 6.92 Å². The zero-order valence-electron chi connectivity index (χ0n) is 17.4. The third-order valence-electron chi connectivity index (χ3n) is 5.27. The zero-order valence-corrected chi connectivity index (χ0v) is 17.4. The molecule has 7 heteroatoms. The molecule has 1 aliphatic rings. The minimum absolute atomic E-state index is 0.233. The Bertz CT molecular complexity index is 1010. The maximum absolute atomic E-state index is 6.55. The van der Waals surface area contributed by atoms with Gasteiger partial charge in [-0.25, -0.2) is 9.67 Å². The first-order chi connectivity index (χ1) is 13.2. The van der Waals surface area contributed by atoms with E-state index in [0.717, 1.165) is 48.8 Å². The van der Waals surface area contributed by atoms with E-state index in [1.807, 2.05) is 4.68 Å². The zero-order chi connectivity index (χ0) is 20.1. The first-order valence-electron chi connectivity index (χ1n) is 9.81. The van der Waals surface area contributed by atoms with E-state index in [4.69, 9.17) is 20.8 Å². The van der Waals surface area contributed by atoms with Crippen LogP contribution in [-0.2, 0) is 5.54 Å². The number of benzene rings is 1. The maximum Gasteiger partial charge on any atom is 0.228 e. The Morgan fingerprint density at radius 3 is 2.39 bits per heavy atom. The molecule has 2 N–H and O–H groups in total. The summed E-state index contributed by atoms with van der Waals surface area (Å²) < 4.78 is 1.86. The van der Waals surface area contributed by atoms with Crippen LogP contribution in [0.25, 0.3) is 22.3 Å². The van der Waals surface area contributed by atoms with Gasteiger partial charge in [-0.05, 0) is 40.8 Å². The van der Waals surface area contributed by atoms with E-state index in [1.54, 1.807) is 0 Å². The molecule has 3 aromatic rings. The average molecular weight is 380 g/mol. The molecule has 0 atom stereocenters. The van der Waals surface area contributed by atoms with Gasteiger partial charge < -0.3 is 15.5 Å². The number of piperazine rings is 1. The Labute approximate surface area is 166 Å². The summed E-state index contributed by atoms with van der Waals surface area (Å²) in [6, 6.07) is 8.36. The van der Waals surface area contributed by atoms with Gasteiger partial charge in [0.05, 0.1) is 16.6 Å². The SMILES string of the molecule is Cc1cccc(-c2nc(N3CCN(C)CC3)nc3nn(C(C)(C)C)c(N)c23)c1. The van der Waals surface area contributed by atoms with Gasteiger partial charge in [-0.2, -0.15) is 4.98 Å². The van der Waals surface area contributed by atoms with Gasteiger partial charge >= 0.3 is 0 Å². The van der Waals surface area contributed by atoms with Crippen molar-refractivity contribution in [2.45, 2.75) is 33.2 Å². The maximum atomic E-state index is 6.55. The van der Waals surface area contributed by atoms with Gasteiger partial charge in [-0.3, -0.25) is 0 Å². The molecule has 1 aliphatic heterocycles. The Morgan fingerprint density at radius 2 is 1.75 bits per heavy atom. The summed E-state index contributed by atoms with van der Waals surface area (Å²) in [6.45, 7) is 12.2. The molecule has 7 nitrogen and oxygen atoms in total. The van der Waals surface area contributed by atoms with Crippen molar-refractivity contribution < 1.29 is 0 Å². The Hall–Kier alpha value is -2.67. The molecule has 0 radical (unpaired) electrons. The Balaban J connectivity index is 1.94. The number of nitrogen functional groups attached to an aromatic ring is 1. The second kappa shape index (κ2) is 6.74. The largest absolute Gasteiger partial charge is 0.383 e. The van der Waals surface area contributed by atoms with Crippen LogP contribution in [0.5, 0.6) is 0 Å². The number of nitrogens with two attached hydrogens (primary N) is 1. The van der Waals surface area contributed by atoms with E-state index >= 15 is 0 Å². The summed E-state index contributed by atoms with van der Waals surface area (Å²) in [5, 5.41) is 5.60. The standard InChI is InChI=1S/C21H29N7/c1-14-7-6-8-15(13-14)17-16-18(22)28(21(2,3)4)25-19(16)24-20(23-17)27-11-9-26(5)10-12-27/h6-8,13H,9-12,22H2,1-5H3. The molecule has 0 unspecified atom stereocenters. The topological polar surface area (TPSA) is 76.1 Å². The molecule has 1 fully saturated rings. The van der Waals surface area contributed by atoms with Crippen molar-refractivity contribution in [1.29, 1.82) is 0 Å². The van der Waals surface area contributed by atoms with Gasteiger partial charge in [-0.1, -0.05) is 23.8 Å². The van der Waals surface area contributed by atoms with Crippen LogP contribution in [0.15, 0.2) is 24.3 Å². The van der Waals surface area contributed by atoms with Crippen LogP contribution < -0.4 is 10.6 Å². The van der Waals surface area contributed by atoms with Crippen LogP contribution in [0.3, 0.4) is 0 Å². The summed E-state index contributed by atoms with van der Waals surface area (Å²) >= 11 is 0. The van der Waals surface area contributed by atoms with Gasteiger partial charge in [0, 0.05) is 31.7 Å². The summed E-state index contributed by atoms with van der Waals surface area (Å²) in [6.07, 6.45) is 0. The lowest BCUT2D eigenvalue weighted by Gasteiger charge is -2.32. The fourth-order valence-electron chi connectivity index (χ4n) is 3.66. The molecule has 3 heterocycles. The molecule has 1 saturated heterocycles. The molecule has 4 rings (SSSR count). The Morgan fingerprint density at radius 1 is 1.04 bits per heavy atom. The van der Waals surface area contributed by atoms with Crippen LogP contribution in [0.1, 0.15) is 26.3 Å². The minimum Gasteiger partial charge on any atom is -0.383 e. The number of aromatic nitrogens is 4. The highest BCUT2D eigenvalue weighted by Crippen LogP contribution is 2.34. The van der Waals surface area contributed by atoms with Crippen LogP contribution in [0.2, 0.25) is 0 Å². The number of likely N-dealkylation sites (N-methyl/N-ethyl adjacent to an activating group) is 1. The number of hydrogen-bond donors (Lipinski definition) is 1. The number of anilines is 2. The lowest BCUT2D eigenvalue weighted by Crippen LogP contribution is -2.45. The molecular formula is C21H29N7. The summed E-state index contributed by atoms with van der Waals surface area (Å²) in [5.41, 5.74) is 10.1. The number of fused-ring (bicyclic) bond motifs is 1. The van der Waals surface area contributed by atoms with E-state index < -0.39 is 0 Å². The van der Waals surface area contributed by atoms with Crippen molar-refractivity contribution in [2.24, 2.45) is 0 Å². The predicted molar refractivity (Wildman–Crippen MR) is 115 cm³/mol. The number of rotatable bonds is 2. The smallest absolute Gasteiger partial charge is 0.228 e. The molecule has 2 aromatic heterocycles. The van der Waals surface area contributed by atoms with Crippen molar-refractivity contribution >= 4 is 22.8 Å². The molecule has 0 saturated carbocycles. The summed E-state index contributed by atoms with van der Waals surface area (Å²) in [4.78, 5) is 14.4. The number of nitrogens with zero attached hydrogens (tertiary/aromatic N) is 6. The van der Waals surface area contributed by atoms with E-state index in [0.29, 0.717) is 11.5 Å². The highest BCUT2D eigenvalue weighted by Gasteiger charge is 2.26. The lowest BCUT2D eigenvalue weighted by molar-refractivity contribution is 0.311. The van der Waals surface area contributed by atoms with Gasteiger partial charge in [0.2, 0.25) is 5.95 Å². The molecule has 0 bridgehead atoms. The van der Waals surface area contributed by atoms with Crippen molar-refractivity contribution in [3.05, 3.63) is 29.8 Å². The van der Waals surface area contributed by atoms with Crippen LogP contribution >= 0.6 is 0 Å². The molecule has 0 amide bonds. The van der Waals surface area contributed by atoms with Crippen LogP contribution in [-0.4, -0.2) is 57.9 Å². The fraction of sp³-hybridized carbons (Fsp3) is 0.476.